The van der Waals surface area contributed by atoms with Crippen LogP contribution < -0.4 is 4.74 Å². The predicted octanol–water partition coefficient (Wildman–Crippen LogP) is 7.47. The van der Waals surface area contributed by atoms with Gasteiger partial charge in [0, 0.05) is 24.2 Å². The number of hydrogen-bond donors (Lipinski definition) is 0. The Balaban J connectivity index is 1.43. The zero-order valence-corrected chi connectivity index (χ0v) is 20.0. The van der Waals surface area contributed by atoms with E-state index in [2.05, 4.69) is 21.6 Å². The molecule has 4 rings (SSSR count). The Kier molecular flexibility index (Phi) is 8.00. The number of fused-ring (bicyclic) bond motifs is 1. The number of aryl methyl sites for hydroxylation is 5. The van der Waals surface area contributed by atoms with Crippen molar-refractivity contribution in [1.82, 2.24) is 9.97 Å². The zero-order chi connectivity index (χ0) is 26.6. The largest absolute Gasteiger partial charge is 0.573 e. The van der Waals surface area contributed by atoms with Crippen molar-refractivity contribution in [2.24, 2.45) is 0 Å². The van der Waals surface area contributed by atoms with E-state index in [0.717, 1.165) is 41.9 Å². The highest BCUT2D eigenvalue weighted by Crippen LogP contribution is 2.30. The summed E-state index contributed by atoms with van der Waals surface area (Å²) in [6.07, 6.45) is 1.91. The highest BCUT2D eigenvalue weighted by Gasteiger charge is 2.34. The fourth-order valence-electron chi connectivity index (χ4n) is 4.17. The molecule has 194 valence electrons. The van der Waals surface area contributed by atoms with Crippen molar-refractivity contribution >= 4 is 10.8 Å². The van der Waals surface area contributed by atoms with Crippen molar-refractivity contribution in [3.8, 4) is 5.75 Å². The molecule has 0 bridgehead atoms. The predicted molar refractivity (Wildman–Crippen MR) is 128 cm³/mol. The molecule has 0 fully saturated rings. The Labute approximate surface area is 210 Å². The molecule has 0 saturated heterocycles. The van der Waals surface area contributed by atoms with E-state index < -0.39 is 29.6 Å². The maximum Gasteiger partial charge on any atom is 0.573 e. The number of benzene rings is 3. The Hall–Kier alpha value is -3.62. The number of nitrogens with zero attached hydrogens (tertiary/aromatic N) is 2. The van der Waals surface area contributed by atoms with Crippen molar-refractivity contribution < 1.29 is 31.1 Å². The first kappa shape index (κ1) is 26.4. The number of halogens is 6. The molecule has 1 heterocycles. The summed E-state index contributed by atoms with van der Waals surface area (Å²) in [5.41, 5.74) is 2.53. The number of rotatable bonds is 9. The van der Waals surface area contributed by atoms with Crippen molar-refractivity contribution in [3.05, 3.63) is 100 Å². The van der Waals surface area contributed by atoms with E-state index in [0.29, 0.717) is 29.2 Å². The first-order chi connectivity index (χ1) is 17.6. The molecular formula is C28H24F6N2O. The molecule has 0 unspecified atom stereocenters. The summed E-state index contributed by atoms with van der Waals surface area (Å²) in [6, 6.07) is 10.3. The van der Waals surface area contributed by atoms with Crippen molar-refractivity contribution in [1.29, 1.82) is 0 Å². The summed E-state index contributed by atoms with van der Waals surface area (Å²) in [5.74, 6) is -4.16. The summed E-state index contributed by atoms with van der Waals surface area (Å²) in [6.45, 7) is 2.10. The maximum atomic E-state index is 15.2. The van der Waals surface area contributed by atoms with Crippen molar-refractivity contribution in [2.45, 2.75) is 51.8 Å². The lowest BCUT2D eigenvalue weighted by atomic mass is 9.98. The molecule has 9 heteroatoms. The minimum Gasteiger partial charge on any atom is -0.399 e. The molecule has 0 amide bonds. The second kappa shape index (κ2) is 11.2. The van der Waals surface area contributed by atoms with Crippen LogP contribution in [0.1, 0.15) is 41.4 Å². The minimum atomic E-state index is -5.22. The third kappa shape index (κ3) is 6.78. The maximum absolute atomic E-state index is 15.2. The third-order valence-corrected chi connectivity index (χ3v) is 5.99. The molecule has 0 saturated carbocycles. The number of alkyl halides is 3. The van der Waals surface area contributed by atoms with Crippen molar-refractivity contribution in [3.63, 3.8) is 0 Å². The first-order valence-corrected chi connectivity index (χ1v) is 11.9. The standard InChI is InChI=1S/C28H24F6N2O/c1-2-3-19-15-35-25(36-16-19)11-6-17-5-10-22-21(12-17)9-8-20(26(22)31)7-4-18-13-23(29)27(24(30)14-18)37-28(32,33)34/h5,8-10,12-16H,2-4,6-7,11H2,1H3. The van der Waals surface area contributed by atoms with Gasteiger partial charge in [-0.3, -0.25) is 0 Å². The second-order valence-electron chi connectivity index (χ2n) is 8.79. The van der Waals surface area contributed by atoms with Crippen LogP contribution in [-0.2, 0) is 32.1 Å². The normalized spacial score (nSPS) is 11.8. The summed E-state index contributed by atoms with van der Waals surface area (Å²) in [5, 5.41) is 1.12. The van der Waals surface area contributed by atoms with E-state index in [1.807, 2.05) is 24.5 Å². The quantitative estimate of drug-likeness (QED) is 0.216. The average molecular weight is 519 g/mol. The number of aromatic nitrogens is 2. The molecule has 3 aromatic carbocycles. The van der Waals surface area contributed by atoms with Gasteiger partial charge in [0.05, 0.1) is 0 Å². The van der Waals surface area contributed by atoms with Gasteiger partial charge in [0.1, 0.15) is 11.6 Å². The van der Waals surface area contributed by atoms with E-state index in [9.17, 15) is 22.0 Å². The molecule has 0 radical (unpaired) electrons. The average Bonchev–Trinajstić information content (AvgIpc) is 2.85. The van der Waals surface area contributed by atoms with Crippen LogP contribution in [-0.4, -0.2) is 16.3 Å². The monoisotopic (exact) mass is 518 g/mol. The van der Waals surface area contributed by atoms with Gasteiger partial charge >= 0.3 is 6.36 Å². The van der Waals surface area contributed by atoms with Crippen molar-refractivity contribution in [2.75, 3.05) is 0 Å². The lowest BCUT2D eigenvalue weighted by Gasteiger charge is -2.12. The van der Waals surface area contributed by atoms with Gasteiger partial charge in [-0.2, -0.15) is 0 Å². The van der Waals surface area contributed by atoms with E-state index >= 15 is 4.39 Å². The number of ether oxygens (including phenoxy) is 1. The zero-order valence-electron chi connectivity index (χ0n) is 20.0. The highest BCUT2D eigenvalue weighted by atomic mass is 19.4. The summed E-state index contributed by atoms with van der Waals surface area (Å²) in [4.78, 5) is 8.80. The Morgan fingerprint density at radius 3 is 2.05 bits per heavy atom. The molecule has 3 nitrogen and oxygen atoms in total. The van der Waals surface area contributed by atoms with Gasteiger partial charge < -0.3 is 4.74 Å². The first-order valence-electron chi connectivity index (χ1n) is 11.9. The van der Waals surface area contributed by atoms with Crippen LogP contribution in [0.5, 0.6) is 5.75 Å². The molecule has 1 aromatic heterocycles. The van der Waals surface area contributed by atoms with Crippen LogP contribution in [0.25, 0.3) is 10.8 Å². The van der Waals surface area contributed by atoms with Gasteiger partial charge in [-0.15, -0.1) is 13.2 Å². The summed E-state index contributed by atoms with van der Waals surface area (Å²) in [7, 11) is 0. The van der Waals surface area contributed by atoms with Gasteiger partial charge in [-0.05, 0) is 65.5 Å². The van der Waals surface area contributed by atoms with Gasteiger partial charge in [0.2, 0.25) is 5.75 Å². The number of hydrogen-bond acceptors (Lipinski definition) is 3. The molecule has 0 spiro atoms. The second-order valence-corrected chi connectivity index (χ2v) is 8.79. The van der Waals surface area contributed by atoms with Gasteiger partial charge in [0.25, 0.3) is 0 Å². The minimum absolute atomic E-state index is 0.0255. The van der Waals surface area contributed by atoms with E-state index in [1.165, 1.54) is 0 Å². The van der Waals surface area contributed by atoms with Crippen LogP contribution in [0.2, 0.25) is 0 Å². The fourth-order valence-corrected chi connectivity index (χ4v) is 4.17. The highest BCUT2D eigenvalue weighted by molar-refractivity contribution is 5.84. The van der Waals surface area contributed by atoms with Gasteiger partial charge in [-0.25, -0.2) is 23.1 Å². The van der Waals surface area contributed by atoms with Crippen LogP contribution in [0.15, 0.2) is 54.9 Å². The van der Waals surface area contributed by atoms with E-state index in [1.54, 1.807) is 18.2 Å². The SMILES string of the molecule is CCCc1cnc(CCc2ccc3c(F)c(CCc4cc(F)c(OC(F)(F)F)c(F)c4)ccc3c2)nc1. The van der Waals surface area contributed by atoms with E-state index in [4.69, 9.17) is 0 Å². The molecule has 0 atom stereocenters. The molecule has 37 heavy (non-hydrogen) atoms. The fraction of sp³-hybridized carbons (Fsp3) is 0.286. The van der Waals surface area contributed by atoms with Gasteiger partial charge in [-0.1, -0.05) is 43.7 Å². The Morgan fingerprint density at radius 1 is 0.730 bits per heavy atom. The van der Waals surface area contributed by atoms with Gasteiger partial charge in [0.15, 0.2) is 11.6 Å². The molecule has 0 N–H and O–H groups in total. The summed E-state index contributed by atoms with van der Waals surface area (Å²) < 4.78 is 83.4. The lowest BCUT2D eigenvalue weighted by molar-refractivity contribution is -0.276. The molecule has 0 aliphatic heterocycles. The third-order valence-electron chi connectivity index (χ3n) is 5.99. The molecule has 0 aliphatic carbocycles. The van der Waals surface area contributed by atoms with E-state index in [-0.39, 0.29) is 18.4 Å². The smallest absolute Gasteiger partial charge is 0.399 e. The molecular weight excluding hydrogens is 494 g/mol. The van der Waals surface area contributed by atoms with Crippen LogP contribution in [0.4, 0.5) is 26.3 Å². The summed E-state index contributed by atoms with van der Waals surface area (Å²) >= 11 is 0. The lowest BCUT2D eigenvalue weighted by Crippen LogP contribution is -2.19. The molecule has 4 aromatic rings. The molecule has 0 aliphatic rings. The Bertz CT molecular complexity index is 1360. The van der Waals surface area contributed by atoms with Crippen LogP contribution >= 0.6 is 0 Å². The Morgan fingerprint density at radius 2 is 1.41 bits per heavy atom. The van der Waals surface area contributed by atoms with Crippen LogP contribution in [0, 0.1) is 17.5 Å². The van der Waals surface area contributed by atoms with Crippen LogP contribution in [0.3, 0.4) is 0 Å². The topological polar surface area (TPSA) is 35.0 Å².